The number of hydrogen-bond donors (Lipinski definition) is 2. The molecule has 1 unspecified atom stereocenters. The van der Waals surface area contributed by atoms with Gasteiger partial charge in [0.25, 0.3) is 5.91 Å². The Bertz CT molecular complexity index is 1630. The third-order valence-electron chi connectivity index (χ3n) is 8.31. The Morgan fingerprint density at radius 1 is 1.05 bits per heavy atom. The third kappa shape index (κ3) is 5.54. The zero-order chi connectivity index (χ0) is 28.6. The van der Waals surface area contributed by atoms with Crippen molar-refractivity contribution in [1.29, 1.82) is 0 Å². The Morgan fingerprint density at radius 3 is 2.68 bits per heavy atom. The van der Waals surface area contributed by atoms with E-state index in [4.69, 9.17) is 4.74 Å². The summed E-state index contributed by atoms with van der Waals surface area (Å²) in [6, 6.07) is 12.0. The van der Waals surface area contributed by atoms with E-state index in [0.29, 0.717) is 13.1 Å². The Morgan fingerprint density at radius 2 is 1.85 bits per heavy atom. The molecular formula is C30H34FN7O3. The topological polar surface area (TPSA) is 110 Å². The number of benzene rings is 2. The highest BCUT2D eigenvalue weighted by molar-refractivity contribution is 5.97. The number of ether oxygens (including phenoxy) is 1. The van der Waals surface area contributed by atoms with E-state index in [1.165, 1.54) is 23.8 Å². The molecule has 2 aromatic carbocycles. The molecule has 2 fully saturated rings. The first kappa shape index (κ1) is 26.9. The molecule has 2 aliphatic heterocycles. The van der Waals surface area contributed by atoms with Crippen molar-refractivity contribution in [2.24, 2.45) is 5.41 Å². The molecule has 41 heavy (non-hydrogen) atoms. The van der Waals surface area contributed by atoms with E-state index >= 15 is 0 Å². The molecule has 2 aromatic heterocycles. The molecule has 4 aromatic rings. The summed E-state index contributed by atoms with van der Waals surface area (Å²) in [6.45, 7) is 9.38. The molecular weight excluding hydrogens is 525 g/mol. The van der Waals surface area contributed by atoms with Gasteiger partial charge in [-0.25, -0.2) is 14.2 Å². The summed E-state index contributed by atoms with van der Waals surface area (Å²) in [7, 11) is 0. The molecule has 0 bridgehead atoms. The van der Waals surface area contributed by atoms with Gasteiger partial charge in [-0.3, -0.25) is 9.69 Å². The number of likely N-dealkylation sites (tertiary alicyclic amines) is 1. The van der Waals surface area contributed by atoms with Crippen LogP contribution >= 0.6 is 0 Å². The normalized spacial score (nSPS) is 19.0. The first-order valence-electron chi connectivity index (χ1n) is 14.1. The number of aromatic amines is 2. The Balaban J connectivity index is 1.13. The van der Waals surface area contributed by atoms with Gasteiger partial charge >= 0.3 is 11.7 Å². The molecule has 6 rings (SSSR count). The Kier molecular flexibility index (Phi) is 7.21. The van der Waals surface area contributed by atoms with Gasteiger partial charge < -0.3 is 24.5 Å². The van der Waals surface area contributed by atoms with Crippen molar-refractivity contribution in [2.75, 3.05) is 44.2 Å². The van der Waals surface area contributed by atoms with Crippen LogP contribution in [0.1, 0.15) is 42.6 Å². The zero-order valence-corrected chi connectivity index (χ0v) is 23.3. The lowest BCUT2D eigenvalue weighted by Crippen LogP contribution is -2.31. The SMILES string of the molecule is CCN(CC)C(=O)c1cc(F)ccc1Oc1nccc(N2CCC3(CCN(Cc4ccc5[nH]c(=O)[nH]c5c4)C3)C2)n1. The molecule has 214 valence electrons. The minimum absolute atomic E-state index is 0.120. The van der Waals surface area contributed by atoms with Gasteiger partial charge in [-0.1, -0.05) is 6.07 Å². The number of fused-ring (bicyclic) bond motifs is 1. The summed E-state index contributed by atoms with van der Waals surface area (Å²) in [6.07, 6.45) is 3.82. The third-order valence-corrected chi connectivity index (χ3v) is 8.31. The Hall–Kier alpha value is -4.25. The number of anilines is 1. The maximum Gasteiger partial charge on any atom is 0.323 e. The van der Waals surface area contributed by atoms with Crippen LogP contribution < -0.4 is 15.3 Å². The largest absolute Gasteiger partial charge is 0.423 e. The average Bonchev–Trinajstić information content (AvgIpc) is 3.68. The van der Waals surface area contributed by atoms with Crippen molar-refractivity contribution < 1.29 is 13.9 Å². The molecule has 2 saturated heterocycles. The van der Waals surface area contributed by atoms with Gasteiger partial charge in [0, 0.05) is 50.9 Å². The maximum atomic E-state index is 14.1. The van der Waals surface area contributed by atoms with Crippen molar-refractivity contribution >= 4 is 22.8 Å². The van der Waals surface area contributed by atoms with Gasteiger partial charge in [0.1, 0.15) is 17.4 Å². The number of carbonyl (C=O) groups is 1. The first-order valence-corrected chi connectivity index (χ1v) is 14.1. The number of imidazole rings is 1. The summed E-state index contributed by atoms with van der Waals surface area (Å²) in [5, 5.41) is 0. The molecule has 1 amide bonds. The van der Waals surface area contributed by atoms with Crippen molar-refractivity contribution in [3.63, 3.8) is 0 Å². The smallest absolute Gasteiger partial charge is 0.323 e. The number of hydrogen-bond acceptors (Lipinski definition) is 7. The number of aromatic nitrogens is 4. The predicted octanol–water partition coefficient (Wildman–Crippen LogP) is 4.16. The standard InChI is InChI=1S/C30H34FN7O3/c1-3-37(4-2)27(39)22-16-21(31)6-8-25(22)41-29-32-12-9-26(35-29)38-14-11-30(19-38)10-13-36(18-30)17-20-5-7-23-24(15-20)34-28(40)33-23/h5-9,12,15-16H,3-4,10-11,13-14,17-19H2,1-2H3,(H2,33,34,40). The quantitative estimate of drug-likeness (QED) is 0.334. The van der Waals surface area contributed by atoms with Crippen LogP contribution in [0.4, 0.5) is 10.2 Å². The molecule has 11 heteroatoms. The van der Waals surface area contributed by atoms with Gasteiger partial charge in [0.05, 0.1) is 16.6 Å². The lowest BCUT2D eigenvalue weighted by atomic mass is 9.86. The average molecular weight is 560 g/mol. The molecule has 2 N–H and O–H groups in total. The number of amides is 1. The van der Waals surface area contributed by atoms with Crippen LogP contribution in [-0.2, 0) is 6.54 Å². The number of H-pyrrole nitrogens is 2. The summed E-state index contributed by atoms with van der Waals surface area (Å²) < 4.78 is 20.0. The van der Waals surface area contributed by atoms with Gasteiger partial charge in [-0.15, -0.1) is 0 Å². The van der Waals surface area contributed by atoms with E-state index < -0.39 is 5.82 Å². The van der Waals surface area contributed by atoms with Gasteiger partial charge in [0.15, 0.2) is 0 Å². The molecule has 4 heterocycles. The minimum Gasteiger partial charge on any atom is -0.423 e. The van der Waals surface area contributed by atoms with Crippen LogP contribution in [0.5, 0.6) is 11.8 Å². The van der Waals surface area contributed by atoms with E-state index in [-0.39, 0.29) is 34.3 Å². The van der Waals surface area contributed by atoms with Crippen LogP contribution in [0.15, 0.2) is 53.5 Å². The number of rotatable bonds is 8. The summed E-state index contributed by atoms with van der Waals surface area (Å²) in [4.78, 5) is 45.5. The van der Waals surface area contributed by atoms with Crippen LogP contribution in [-0.4, -0.2) is 74.9 Å². The molecule has 10 nitrogen and oxygen atoms in total. The van der Waals surface area contributed by atoms with Crippen LogP contribution in [0.25, 0.3) is 11.0 Å². The van der Waals surface area contributed by atoms with Crippen molar-refractivity contribution in [2.45, 2.75) is 33.2 Å². The monoisotopic (exact) mass is 559 g/mol. The van der Waals surface area contributed by atoms with Crippen LogP contribution in [0.2, 0.25) is 0 Å². The van der Waals surface area contributed by atoms with Gasteiger partial charge in [-0.05, 0) is 75.2 Å². The molecule has 2 aliphatic rings. The molecule has 1 atom stereocenters. The summed E-state index contributed by atoms with van der Waals surface area (Å²) in [5.74, 6) is 0.197. The number of nitrogens with one attached hydrogen (secondary N) is 2. The summed E-state index contributed by atoms with van der Waals surface area (Å²) >= 11 is 0. The van der Waals surface area contributed by atoms with E-state index in [1.807, 2.05) is 32.0 Å². The van der Waals surface area contributed by atoms with E-state index in [0.717, 1.165) is 62.4 Å². The van der Waals surface area contributed by atoms with Gasteiger partial charge in [-0.2, -0.15) is 4.98 Å². The maximum absolute atomic E-state index is 14.1. The molecule has 0 radical (unpaired) electrons. The highest BCUT2D eigenvalue weighted by Crippen LogP contribution is 2.41. The number of halogens is 1. The molecule has 0 aliphatic carbocycles. The van der Waals surface area contributed by atoms with Gasteiger partial charge in [0.2, 0.25) is 0 Å². The van der Waals surface area contributed by atoms with Crippen LogP contribution in [0, 0.1) is 11.2 Å². The highest BCUT2D eigenvalue weighted by atomic mass is 19.1. The second kappa shape index (κ2) is 11.0. The number of nitrogens with zero attached hydrogens (tertiary/aromatic N) is 5. The lowest BCUT2D eigenvalue weighted by molar-refractivity contribution is 0.0769. The number of carbonyl (C=O) groups excluding carboxylic acids is 1. The fourth-order valence-corrected chi connectivity index (χ4v) is 6.16. The second-order valence-corrected chi connectivity index (χ2v) is 11.0. The lowest BCUT2D eigenvalue weighted by Gasteiger charge is -2.25. The van der Waals surface area contributed by atoms with Crippen molar-refractivity contribution in [1.82, 2.24) is 29.7 Å². The Labute approximate surface area is 237 Å². The second-order valence-electron chi connectivity index (χ2n) is 11.0. The fraction of sp³-hybridized carbons (Fsp3) is 0.400. The van der Waals surface area contributed by atoms with Crippen LogP contribution in [0.3, 0.4) is 0 Å². The fourth-order valence-electron chi connectivity index (χ4n) is 6.16. The van der Waals surface area contributed by atoms with Crippen molar-refractivity contribution in [3.8, 4) is 11.8 Å². The molecule has 0 saturated carbocycles. The molecule has 1 spiro atoms. The van der Waals surface area contributed by atoms with E-state index in [1.54, 1.807) is 11.1 Å². The predicted molar refractivity (Wildman–Crippen MR) is 154 cm³/mol. The highest BCUT2D eigenvalue weighted by Gasteiger charge is 2.43. The minimum atomic E-state index is -0.504. The first-order chi connectivity index (χ1) is 19.8. The van der Waals surface area contributed by atoms with E-state index in [9.17, 15) is 14.0 Å². The zero-order valence-electron chi connectivity index (χ0n) is 23.3. The summed E-state index contributed by atoms with van der Waals surface area (Å²) in [5.41, 5.74) is 2.97. The van der Waals surface area contributed by atoms with Crippen molar-refractivity contribution in [3.05, 3.63) is 76.1 Å². The van der Waals surface area contributed by atoms with E-state index in [2.05, 4.69) is 35.8 Å².